The van der Waals surface area contributed by atoms with Crippen LogP contribution in [0.4, 0.5) is 0 Å². The van der Waals surface area contributed by atoms with E-state index in [1.165, 1.54) is 0 Å². The van der Waals surface area contributed by atoms with Crippen LogP contribution in [0.1, 0.15) is 16.7 Å². The zero-order chi connectivity index (χ0) is 21.1. The molecule has 0 aromatic heterocycles. The molecule has 0 atom stereocenters. The summed E-state index contributed by atoms with van der Waals surface area (Å²) in [7, 11) is 0. The van der Waals surface area contributed by atoms with Gasteiger partial charge in [0.1, 0.15) is 12.4 Å². The van der Waals surface area contributed by atoms with E-state index in [9.17, 15) is 4.79 Å². The van der Waals surface area contributed by atoms with Crippen LogP contribution in [0.5, 0.6) is 5.75 Å². The molecule has 0 amide bonds. The van der Waals surface area contributed by atoms with Crippen LogP contribution in [0.3, 0.4) is 0 Å². The highest BCUT2D eigenvalue weighted by molar-refractivity contribution is 14.1. The maximum atomic E-state index is 12.3. The number of hydrogen-bond acceptors (Lipinski definition) is 4. The van der Waals surface area contributed by atoms with Gasteiger partial charge < -0.3 is 9.47 Å². The monoisotopic (exact) mass is 549 g/mol. The number of ether oxygens (including phenoxy) is 2. The molecule has 1 aliphatic heterocycles. The topological polar surface area (TPSA) is 47.9 Å². The van der Waals surface area contributed by atoms with Crippen molar-refractivity contribution < 1.29 is 14.3 Å². The highest BCUT2D eigenvalue weighted by Crippen LogP contribution is 2.26. The number of carbonyl (C=O) groups is 1. The van der Waals surface area contributed by atoms with Gasteiger partial charge in [0.2, 0.25) is 5.90 Å². The minimum absolute atomic E-state index is 0.195. The molecule has 0 radical (unpaired) electrons. The van der Waals surface area contributed by atoms with Gasteiger partial charge in [-0.05, 0) is 70.6 Å². The first-order valence-electron chi connectivity index (χ1n) is 8.94. The van der Waals surface area contributed by atoms with Gasteiger partial charge in [0.15, 0.2) is 5.70 Å². The first-order valence-corrected chi connectivity index (χ1v) is 10.8. The molecule has 30 heavy (non-hydrogen) atoms. The number of rotatable bonds is 5. The van der Waals surface area contributed by atoms with E-state index >= 15 is 0 Å². The lowest BCUT2D eigenvalue weighted by molar-refractivity contribution is -0.129. The number of aliphatic imine (C=N–C) groups is 1. The van der Waals surface area contributed by atoms with E-state index < -0.39 is 5.97 Å². The molecule has 4 rings (SSSR count). The summed E-state index contributed by atoms with van der Waals surface area (Å²) >= 11 is 14.6. The summed E-state index contributed by atoms with van der Waals surface area (Å²) in [4.78, 5) is 16.6. The van der Waals surface area contributed by atoms with Crippen LogP contribution in [-0.4, -0.2) is 11.9 Å². The van der Waals surface area contributed by atoms with E-state index in [4.69, 9.17) is 32.7 Å². The zero-order valence-corrected chi connectivity index (χ0v) is 19.1. The lowest BCUT2D eigenvalue weighted by Gasteiger charge is -2.08. The number of halogens is 3. The summed E-state index contributed by atoms with van der Waals surface area (Å²) < 4.78 is 12.1. The maximum Gasteiger partial charge on any atom is 0.363 e. The van der Waals surface area contributed by atoms with Crippen molar-refractivity contribution in [2.45, 2.75) is 6.61 Å². The zero-order valence-electron chi connectivity index (χ0n) is 15.4. The standard InChI is InChI=1S/C23H14Cl2INO3/c24-19-7-2-1-5-15(19)13-29-17-6-3-4-14(10-17)11-21-23(28)30-22(27-21)18-12-16(26)8-9-20(18)25/h1-12H,13H2/b21-11-. The van der Waals surface area contributed by atoms with Gasteiger partial charge in [0.05, 0.1) is 10.6 Å². The Morgan fingerprint density at radius 1 is 1.00 bits per heavy atom. The average molecular weight is 550 g/mol. The maximum absolute atomic E-state index is 12.3. The van der Waals surface area contributed by atoms with Gasteiger partial charge in [-0.1, -0.05) is 53.5 Å². The first-order chi connectivity index (χ1) is 14.5. The lowest BCUT2D eigenvalue weighted by Crippen LogP contribution is -2.06. The van der Waals surface area contributed by atoms with Crippen LogP contribution in [0.2, 0.25) is 10.0 Å². The van der Waals surface area contributed by atoms with Crippen LogP contribution in [0.15, 0.2) is 77.4 Å². The summed E-state index contributed by atoms with van der Waals surface area (Å²) in [6.45, 7) is 0.342. The van der Waals surface area contributed by atoms with Crippen LogP contribution in [0, 0.1) is 3.57 Å². The van der Waals surface area contributed by atoms with E-state index in [2.05, 4.69) is 27.6 Å². The Hall–Kier alpha value is -2.35. The lowest BCUT2D eigenvalue weighted by atomic mass is 10.2. The second-order valence-corrected chi connectivity index (χ2v) is 8.47. The van der Waals surface area contributed by atoms with Crippen molar-refractivity contribution in [2.75, 3.05) is 0 Å². The van der Waals surface area contributed by atoms with Crippen molar-refractivity contribution >= 4 is 63.7 Å². The number of benzene rings is 3. The molecule has 1 aliphatic rings. The van der Waals surface area contributed by atoms with Gasteiger partial charge in [-0.2, -0.15) is 0 Å². The van der Waals surface area contributed by atoms with Gasteiger partial charge in [0, 0.05) is 14.2 Å². The normalized spacial score (nSPS) is 14.6. The summed E-state index contributed by atoms with van der Waals surface area (Å²) in [5, 5.41) is 1.12. The third-order valence-electron chi connectivity index (χ3n) is 4.29. The van der Waals surface area contributed by atoms with Crippen molar-refractivity contribution in [3.05, 3.63) is 103 Å². The third kappa shape index (κ3) is 4.86. The second kappa shape index (κ2) is 9.20. The van der Waals surface area contributed by atoms with Gasteiger partial charge in [-0.15, -0.1) is 0 Å². The number of carbonyl (C=O) groups excluding carboxylic acids is 1. The quantitative estimate of drug-likeness (QED) is 0.207. The molecule has 4 nitrogen and oxygen atoms in total. The first kappa shape index (κ1) is 20.9. The summed E-state index contributed by atoms with van der Waals surface area (Å²) in [5.41, 5.74) is 2.43. The van der Waals surface area contributed by atoms with E-state index in [-0.39, 0.29) is 11.6 Å². The van der Waals surface area contributed by atoms with Gasteiger partial charge in [0.25, 0.3) is 0 Å². The predicted molar refractivity (Wildman–Crippen MR) is 127 cm³/mol. The molecular weight excluding hydrogens is 536 g/mol. The number of hydrogen-bond donors (Lipinski definition) is 0. The van der Waals surface area contributed by atoms with Crippen LogP contribution < -0.4 is 4.74 Å². The Balaban J connectivity index is 1.55. The molecule has 0 spiro atoms. The molecule has 0 N–H and O–H groups in total. The summed E-state index contributed by atoms with van der Waals surface area (Å²) in [6.07, 6.45) is 1.65. The van der Waals surface area contributed by atoms with Crippen molar-refractivity contribution in [3.8, 4) is 5.75 Å². The Morgan fingerprint density at radius 2 is 1.83 bits per heavy atom. The molecule has 0 bridgehead atoms. The fourth-order valence-corrected chi connectivity index (χ4v) is 3.69. The Morgan fingerprint density at radius 3 is 2.67 bits per heavy atom. The van der Waals surface area contributed by atoms with Crippen molar-refractivity contribution in [1.82, 2.24) is 0 Å². The summed E-state index contributed by atoms with van der Waals surface area (Å²) in [5.74, 6) is 0.323. The van der Waals surface area contributed by atoms with E-state index in [0.29, 0.717) is 28.0 Å². The molecule has 3 aromatic rings. The molecule has 150 valence electrons. The molecule has 3 aromatic carbocycles. The fourth-order valence-electron chi connectivity index (χ4n) is 2.81. The average Bonchev–Trinajstić information content (AvgIpc) is 3.09. The molecule has 1 heterocycles. The predicted octanol–water partition coefficient (Wildman–Crippen LogP) is 6.52. The van der Waals surface area contributed by atoms with Crippen LogP contribution in [-0.2, 0) is 16.1 Å². The highest BCUT2D eigenvalue weighted by Gasteiger charge is 2.25. The van der Waals surface area contributed by atoms with E-state index in [0.717, 1.165) is 14.7 Å². The molecule has 7 heteroatoms. The van der Waals surface area contributed by atoms with Crippen molar-refractivity contribution in [1.29, 1.82) is 0 Å². The van der Waals surface area contributed by atoms with Gasteiger partial charge in [-0.3, -0.25) is 0 Å². The molecule has 0 saturated heterocycles. The largest absolute Gasteiger partial charge is 0.489 e. The Kier molecular flexibility index (Phi) is 6.41. The van der Waals surface area contributed by atoms with Gasteiger partial charge >= 0.3 is 5.97 Å². The number of nitrogens with zero attached hydrogens (tertiary/aromatic N) is 1. The smallest absolute Gasteiger partial charge is 0.363 e. The molecular formula is C23H14Cl2INO3. The van der Waals surface area contributed by atoms with Gasteiger partial charge in [-0.25, -0.2) is 9.79 Å². The van der Waals surface area contributed by atoms with Crippen molar-refractivity contribution in [3.63, 3.8) is 0 Å². The minimum Gasteiger partial charge on any atom is -0.489 e. The SMILES string of the molecule is O=C1OC(c2cc(I)ccc2Cl)=N/C1=C\c1cccc(OCc2ccccc2Cl)c1. The summed E-state index contributed by atoms with van der Waals surface area (Å²) in [6, 6.07) is 20.3. The Labute approximate surface area is 197 Å². The highest BCUT2D eigenvalue weighted by atomic mass is 127. The molecule has 0 saturated carbocycles. The van der Waals surface area contributed by atoms with Crippen LogP contribution >= 0.6 is 45.8 Å². The van der Waals surface area contributed by atoms with Crippen molar-refractivity contribution in [2.24, 2.45) is 4.99 Å². The van der Waals surface area contributed by atoms with E-state index in [1.807, 2.05) is 60.7 Å². The van der Waals surface area contributed by atoms with Crippen LogP contribution in [0.25, 0.3) is 6.08 Å². The number of cyclic esters (lactones) is 1. The van der Waals surface area contributed by atoms with E-state index in [1.54, 1.807) is 12.1 Å². The molecule has 0 unspecified atom stereocenters. The second-order valence-electron chi connectivity index (χ2n) is 6.41. The Bertz CT molecular complexity index is 1190. The fraction of sp³-hybridized carbons (Fsp3) is 0.0435. The molecule has 0 aliphatic carbocycles. The molecule has 0 fully saturated rings. The number of esters is 1. The minimum atomic E-state index is -0.526. The third-order valence-corrected chi connectivity index (χ3v) is 5.66.